The minimum absolute atomic E-state index is 0.0148. The summed E-state index contributed by atoms with van der Waals surface area (Å²) in [4.78, 5) is 2.42. The molecule has 2 N–H and O–H groups in total. The number of fused-ring (bicyclic) bond motifs is 2. The van der Waals surface area contributed by atoms with Gasteiger partial charge in [0.15, 0.2) is 0 Å². The molecule has 2 heterocycles. The van der Waals surface area contributed by atoms with Crippen molar-refractivity contribution in [2.24, 2.45) is 0 Å². The monoisotopic (exact) mass is 609 g/mol. The Morgan fingerprint density at radius 2 is 1.65 bits per heavy atom. The second kappa shape index (κ2) is 12.4. The van der Waals surface area contributed by atoms with Gasteiger partial charge in [-0.05, 0) is 67.7 Å². The van der Waals surface area contributed by atoms with E-state index in [4.69, 9.17) is 12.6 Å². The summed E-state index contributed by atoms with van der Waals surface area (Å²) in [6, 6.07) is 17.6. The number of allylic oxidation sites excluding steroid dienone is 3. The number of hydrogen-bond donors (Lipinski definition) is 2. The van der Waals surface area contributed by atoms with Gasteiger partial charge in [-0.3, -0.25) is 0 Å². The van der Waals surface area contributed by atoms with Gasteiger partial charge in [-0.15, -0.1) is 0 Å². The van der Waals surface area contributed by atoms with Crippen molar-refractivity contribution in [1.82, 2.24) is 4.58 Å². The predicted molar refractivity (Wildman–Crippen MR) is 167 cm³/mol. The van der Waals surface area contributed by atoms with Gasteiger partial charge in [-0.25, -0.2) is 4.58 Å². The number of likely N-dealkylation sites (N-methyl/N-ethyl adjacent to an activating group) is 1. The van der Waals surface area contributed by atoms with Crippen LogP contribution in [0.3, 0.4) is 0 Å². The van der Waals surface area contributed by atoms with Crippen molar-refractivity contribution in [3.05, 3.63) is 88.6 Å². The molecule has 0 atom stereocenters. The molecule has 7 heteroatoms. The van der Waals surface area contributed by atoms with Gasteiger partial charge in [0.2, 0.25) is 5.36 Å². The van der Waals surface area contributed by atoms with Crippen molar-refractivity contribution in [3.63, 3.8) is 0 Å². The number of benzene rings is 2. The molecule has 0 unspecified atom stereocenters. The van der Waals surface area contributed by atoms with Gasteiger partial charge in [0, 0.05) is 35.0 Å². The van der Waals surface area contributed by atoms with Crippen molar-refractivity contribution < 1.29 is 16.3 Å². The van der Waals surface area contributed by atoms with Crippen LogP contribution in [0.25, 0.3) is 17.4 Å². The van der Waals surface area contributed by atoms with Gasteiger partial charge < -0.3 is 9.32 Å². The van der Waals surface area contributed by atoms with Crippen LogP contribution in [0.2, 0.25) is 5.71 Å². The molecule has 1 aromatic carbocycles. The summed E-state index contributed by atoms with van der Waals surface area (Å²) in [5.41, 5.74) is 7.41. The molecule has 0 spiro atoms. The zero-order valence-electron chi connectivity index (χ0n) is 25.5. The van der Waals surface area contributed by atoms with E-state index < -0.39 is 14.2 Å². The molecule has 0 amide bonds. The third-order valence-corrected chi connectivity index (χ3v) is 7.34. The van der Waals surface area contributed by atoms with Crippen LogP contribution < -0.4 is 14.8 Å². The standard InChI is InChI=1S/C32H41N2O.CH5AsO3/c1-9-33(10-2)23-19-20-25-27(31(4,5)6)22-24(35-29(25)21-23)15-14-18-30-32(7,8)26-16-12-13-17-28(26)34(30)11-3;1-2(3,4)5/h12-22H,9-11H2,1-8H3;1H3,(H2,3,4,5)/q+1;. The van der Waals surface area contributed by atoms with Gasteiger partial charge in [0.1, 0.15) is 24.6 Å². The van der Waals surface area contributed by atoms with Gasteiger partial charge in [0.25, 0.3) is 0 Å². The van der Waals surface area contributed by atoms with Crippen LogP contribution in [0, 0.1) is 0 Å². The van der Waals surface area contributed by atoms with E-state index in [1.54, 1.807) is 0 Å². The maximum atomic E-state index is 9.39. The van der Waals surface area contributed by atoms with Crippen LogP contribution >= 0.6 is 0 Å². The zero-order valence-corrected chi connectivity index (χ0v) is 27.4. The van der Waals surface area contributed by atoms with E-state index >= 15 is 0 Å². The van der Waals surface area contributed by atoms with Crippen LogP contribution in [0.15, 0.2) is 70.8 Å². The molecular weight excluding hydrogens is 563 g/mol. The van der Waals surface area contributed by atoms with E-state index in [1.165, 1.54) is 33.4 Å². The Labute approximate surface area is 242 Å². The summed E-state index contributed by atoms with van der Waals surface area (Å²) < 4.78 is 33.6. The Kier molecular flexibility index (Phi) is 9.82. The van der Waals surface area contributed by atoms with Gasteiger partial charge >= 0.3 is 31.8 Å². The van der Waals surface area contributed by atoms with E-state index in [0.717, 1.165) is 36.9 Å². The predicted octanol–water partition coefficient (Wildman–Crippen LogP) is 6.18. The van der Waals surface area contributed by atoms with Gasteiger partial charge in [-0.1, -0.05) is 58.9 Å². The average molecular weight is 610 g/mol. The SMILES string of the molecule is CCN1C(=CC=Cc2cc(C(C)(C)C)c3ccc(=[N+](CC)CC)cc-3o2)C(C)(C)c2ccccc21.C[As](=O)(O)O. The molecule has 2 aliphatic heterocycles. The molecule has 0 bridgehead atoms. The molecule has 3 aliphatic rings. The van der Waals surface area contributed by atoms with Crippen LogP contribution in [0.1, 0.15) is 72.3 Å². The summed E-state index contributed by atoms with van der Waals surface area (Å²) in [7, 11) is 0. The number of para-hydroxylation sites is 1. The molecule has 0 saturated heterocycles. The Morgan fingerprint density at radius 3 is 2.23 bits per heavy atom. The van der Waals surface area contributed by atoms with E-state index in [9.17, 15) is 3.74 Å². The summed E-state index contributed by atoms with van der Waals surface area (Å²) >= 11 is -4.12. The second-order valence-electron chi connectivity index (χ2n) is 11.8. The molecule has 4 rings (SSSR count). The first-order valence-electron chi connectivity index (χ1n) is 14.1. The number of hydrogen-bond acceptors (Lipinski definition) is 3. The van der Waals surface area contributed by atoms with Gasteiger partial charge in [0.05, 0.1) is 6.07 Å². The molecule has 40 heavy (non-hydrogen) atoms. The van der Waals surface area contributed by atoms with Gasteiger partial charge in [-0.2, -0.15) is 0 Å². The minimum atomic E-state index is -4.12. The Morgan fingerprint density at radius 1 is 1.02 bits per heavy atom. The van der Waals surface area contributed by atoms with Crippen LogP contribution in [0.4, 0.5) is 5.69 Å². The third-order valence-electron chi connectivity index (χ3n) is 7.34. The molecular formula is C33H46AsN2O4+. The van der Waals surface area contributed by atoms with Crippen molar-refractivity contribution in [1.29, 1.82) is 0 Å². The molecule has 0 saturated carbocycles. The van der Waals surface area contributed by atoms with E-state index in [0.29, 0.717) is 0 Å². The summed E-state index contributed by atoms with van der Waals surface area (Å²) in [6.45, 7) is 21.0. The van der Waals surface area contributed by atoms with Crippen molar-refractivity contribution in [3.8, 4) is 11.3 Å². The average Bonchev–Trinajstić information content (AvgIpc) is 3.08. The first-order valence-corrected chi connectivity index (χ1v) is 18.4. The third kappa shape index (κ3) is 7.28. The first kappa shape index (κ1) is 31.7. The Hall–Kier alpha value is -2.79. The molecule has 1 aliphatic carbocycles. The summed E-state index contributed by atoms with van der Waals surface area (Å²) in [5, 5.41) is 1.21. The van der Waals surface area contributed by atoms with Crippen LogP contribution in [0.5, 0.6) is 0 Å². The molecule has 0 radical (unpaired) electrons. The summed E-state index contributed by atoms with van der Waals surface area (Å²) in [5.74, 6) is 1.82. The van der Waals surface area contributed by atoms with E-state index in [-0.39, 0.29) is 10.8 Å². The summed E-state index contributed by atoms with van der Waals surface area (Å²) in [6.07, 6.45) is 6.52. The first-order chi connectivity index (χ1) is 18.6. The molecule has 0 aromatic heterocycles. The van der Waals surface area contributed by atoms with E-state index in [1.807, 2.05) is 0 Å². The zero-order chi connectivity index (χ0) is 29.9. The fourth-order valence-corrected chi connectivity index (χ4v) is 5.40. The molecule has 0 fully saturated rings. The number of rotatable bonds is 5. The number of anilines is 1. The van der Waals surface area contributed by atoms with Crippen LogP contribution in [-0.4, -0.2) is 42.0 Å². The van der Waals surface area contributed by atoms with Crippen molar-refractivity contribution in [2.75, 3.05) is 24.5 Å². The molecule has 1 aromatic rings. The fourth-order valence-electron chi connectivity index (χ4n) is 5.40. The van der Waals surface area contributed by atoms with E-state index in [2.05, 4.69) is 132 Å². The van der Waals surface area contributed by atoms with Crippen molar-refractivity contribution >= 4 is 25.9 Å². The second-order valence-corrected chi connectivity index (χ2v) is 15.3. The Balaban J connectivity index is 0.000000810. The van der Waals surface area contributed by atoms with Crippen molar-refractivity contribution in [2.45, 2.75) is 71.9 Å². The normalized spacial score (nSPS) is 15.9. The van der Waals surface area contributed by atoms with Crippen LogP contribution in [-0.2, 0) is 14.6 Å². The topological polar surface area (TPSA) is 76.9 Å². The fraction of sp³-hybridized carbons (Fsp3) is 0.424. The maximum absolute atomic E-state index is 9.39. The molecule has 216 valence electrons. The quantitative estimate of drug-likeness (QED) is 0.267. The number of nitrogens with zero attached hydrogens (tertiary/aromatic N) is 2. The molecule has 6 nitrogen and oxygen atoms in total. The Bertz CT molecular complexity index is 1470.